The first-order chi connectivity index (χ1) is 17.4. The molecule has 5 rings (SSSR count). The van der Waals surface area contributed by atoms with Gasteiger partial charge < -0.3 is 9.80 Å². The maximum Gasteiger partial charge on any atom is 0.231 e. The van der Waals surface area contributed by atoms with Crippen LogP contribution in [0.5, 0.6) is 0 Å². The molecule has 0 saturated carbocycles. The van der Waals surface area contributed by atoms with Crippen LogP contribution in [0.25, 0.3) is 0 Å². The number of amides is 2. The van der Waals surface area contributed by atoms with E-state index in [1.54, 1.807) is 11.1 Å². The molecule has 2 saturated heterocycles. The number of nitrogens with zero attached hydrogens (tertiary/aromatic N) is 5. The Balaban J connectivity index is 1.46. The molecule has 0 N–H and O–H groups in total. The highest BCUT2D eigenvalue weighted by Crippen LogP contribution is 2.50. The summed E-state index contributed by atoms with van der Waals surface area (Å²) in [6.07, 6.45) is 4.60. The van der Waals surface area contributed by atoms with Gasteiger partial charge in [-0.25, -0.2) is 4.39 Å². The summed E-state index contributed by atoms with van der Waals surface area (Å²) in [5.41, 5.74) is 1.91. The van der Waals surface area contributed by atoms with E-state index in [0.29, 0.717) is 31.9 Å². The third-order valence-electron chi connectivity index (χ3n) is 7.54. The van der Waals surface area contributed by atoms with E-state index in [1.807, 2.05) is 46.0 Å². The minimum atomic E-state index is -0.703. The lowest BCUT2D eigenvalue weighted by atomic mass is 9.70. The molecule has 2 atom stereocenters. The zero-order valence-electron chi connectivity index (χ0n) is 20.8. The fourth-order valence-corrected chi connectivity index (χ4v) is 5.82. The van der Waals surface area contributed by atoms with Gasteiger partial charge in [0.2, 0.25) is 11.8 Å². The van der Waals surface area contributed by atoms with Crippen LogP contribution < -0.4 is 0 Å². The van der Waals surface area contributed by atoms with Crippen molar-refractivity contribution in [3.8, 4) is 0 Å². The van der Waals surface area contributed by atoms with Crippen LogP contribution in [0, 0.1) is 11.2 Å². The van der Waals surface area contributed by atoms with Gasteiger partial charge in [-0.05, 0) is 50.5 Å². The van der Waals surface area contributed by atoms with Crippen LogP contribution in [0.4, 0.5) is 4.39 Å². The topological polar surface area (TPSA) is 71.3 Å². The predicted molar refractivity (Wildman–Crippen MR) is 133 cm³/mol. The van der Waals surface area contributed by atoms with Gasteiger partial charge in [0, 0.05) is 55.7 Å². The highest BCUT2D eigenvalue weighted by molar-refractivity contribution is 5.88. The second-order valence-corrected chi connectivity index (χ2v) is 10.2. The Labute approximate surface area is 210 Å². The summed E-state index contributed by atoms with van der Waals surface area (Å²) in [7, 11) is 0. The Morgan fingerprint density at radius 2 is 1.97 bits per heavy atom. The van der Waals surface area contributed by atoms with Crippen molar-refractivity contribution in [1.29, 1.82) is 0 Å². The SMILES string of the molecule is CC(C)n1nccc1[C@@H]1CN(C(=O)Cc2ccc(F)cn2)C[C@@]12CCCN(Cc1ccccc1)C2=O. The fraction of sp³-hybridized carbons (Fsp3) is 0.429. The highest BCUT2D eigenvalue weighted by Gasteiger charge is 2.57. The molecule has 0 radical (unpaired) electrons. The number of halogens is 1. The van der Waals surface area contributed by atoms with Crippen LogP contribution in [0.2, 0.25) is 0 Å². The van der Waals surface area contributed by atoms with E-state index in [9.17, 15) is 14.0 Å². The quantitative estimate of drug-likeness (QED) is 0.525. The van der Waals surface area contributed by atoms with Gasteiger partial charge in [-0.15, -0.1) is 0 Å². The molecule has 0 aliphatic carbocycles. The van der Waals surface area contributed by atoms with Crippen LogP contribution in [0.1, 0.15) is 55.6 Å². The van der Waals surface area contributed by atoms with E-state index in [0.717, 1.165) is 30.3 Å². The molecule has 1 spiro atoms. The number of likely N-dealkylation sites (tertiary alicyclic amines) is 2. The minimum Gasteiger partial charge on any atom is -0.341 e. The van der Waals surface area contributed by atoms with Gasteiger partial charge in [0.1, 0.15) is 5.82 Å². The molecule has 2 fully saturated rings. The van der Waals surface area contributed by atoms with Crippen LogP contribution in [-0.4, -0.2) is 56.0 Å². The molecular formula is C28H32FN5O2. The van der Waals surface area contributed by atoms with E-state index in [2.05, 4.69) is 23.9 Å². The largest absolute Gasteiger partial charge is 0.341 e. The first-order valence-corrected chi connectivity index (χ1v) is 12.6. The van der Waals surface area contributed by atoms with Gasteiger partial charge in [-0.2, -0.15) is 5.10 Å². The summed E-state index contributed by atoms with van der Waals surface area (Å²) in [5.74, 6) is -0.577. The molecule has 8 heteroatoms. The smallest absolute Gasteiger partial charge is 0.231 e. The van der Waals surface area contributed by atoms with E-state index < -0.39 is 11.2 Å². The lowest BCUT2D eigenvalue weighted by Crippen LogP contribution is -2.52. The maximum atomic E-state index is 14.2. The molecule has 2 aromatic heterocycles. The molecule has 4 heterocycles. The Kier molecular flexibility index (Phi) is 6.60. The zero-order chi connectivity index (χ0) is 25.3. The molecule has 188 valence electrons. The van der Waals surface area contributed by atoms with Gasteiger partial charge in [0.25, 0.3) is 0 Å². The molecule has 0 bridgehead atoms. The van der Waals surface area contributed by atoms with E-state index >= 15 is 0 Å². The molecule has 2 amide bonds. The summed E-state index contributed by atoms with van der Waals surface area (Å²) in [6, 6.07) is 15.0. The van der Waals surface area contributed by atoms with Gasteiger partial charge in [0.15, 0.2) is 0 Å². The standard InChI is InChI=1S/C28H32FN5O2/c1-20(2)34-25(11-13-31-34)24-18-33(26(35)15-23-10-9-22(29)16-30-23)19-28(24)12-6-14-32(27(28)36)17-21-7-4-3-5-8-21/h3-5,7-11,13,16,20,24H,6,12,14-15,17-19H2,1-2H3/t24-,28-/m0/s1. The molecule has 0 unspecified atom stereocenters. The summed E-state index contributed by atoms with van der Waals surface area (Å²) in [4.78, 5) is 35.4. The van der Waals surface area contributed by atoms with Crippen molar-refractivity contribution in [1.82, 2.24) is 24.6 Å². The van der Waals surface area contributed by atoms with Crippen molar-refractivity contribution in [2.45, 2.75) is 51.6 Å². The monoisotopic (exact) mass is 489 g/mol. The average Bonchev–Trinajstić information content (AvgIpc) is 3.50. The van der Waals surface area contributed by atoms with Crippen molar-refractivity contribution in [2.75, 3.05) is 19.6 Å². The molecule has 2 aliphatic rings. The molecule has 2 aliphatic heterocycles. The maximum absolute atomic E-state index is 14.2. The normalized spacial score (nSPS) is 22.1. The molecule has 3 aromatic rings. The van der Waals surface area contributed by atoms with Gasteiger partial charge >= 0.3 is 0 Å². The van der Waals surface area contributed by atoms with Gasteiger partial charge in [-0.3, -0.25) is 19.3 Å². The number of benzene rings is 1. The molecule has 1 aromatic carbocycles. The third-order valence-corrected chi connectivity index (χ3v) is 7.54. The number of carbonyl (C=O) groups excluding carboxylic acids is 2. The summed E-state index contributed by atoms with van der Waals surface area (Å²) in [5, 5.41) is 4.54. The summed E-state index contributed by atoms with van der Waals surface area (Å²) >= 11 is 0. The number of hydrogen-bond donors (Lipinski definition) is 0. The summed E-state index contributed by atoms with van der Waals surface area (Å²) < 4.78 is 15.3. The average molecular weight is 490 g/mol. The number of rotatable bonds is 6. The molecular weight excluding hydrogens is 457 g/mol. The van der Waals surface area contributed by atoms with Crippen LogP contribution >= 0.6 is 0 Å². The first-order valence-electron chi connectivity index (χ1n) is 12.6. The first kappa shape index (κ1) is 24.2. The fourth-order valence-electron chi connectivity index (χ4n) is 5.82. The lowest BCUT2D eigenvalue weighted by Gasteiger charge is -2.42. The van der Waals surface area contributed by atoms with E-state index in [1.165, 1.54) is 12.1 Å². The van der Waals surface area contributed by atoms with Crippen molar-refractivity contribution in [2.24, 2.45) is 5.41 Å². The van der Waals surface area contributed by atoms with Crippen molar-refractivity contribution >= 4 is 11.8 Å². The Bertz CT molecular complexity index is 1230. The van der Waals surface area contributed by atoms with Gasteiger partial charge in [0.05, 0.1) is 18.0 Å². The minimum absolute atomic E-state index is 0.0778. The van der Waals surface area contributed by atoms with Crippen LogP contribution in [-0.2, 0) is 22.6 Å². The summed E-state index contributed by atoms with van der Waals surface area (Å²) in [6.45, 7) is 6.23. The Morgan fingerprint density at radius 1 is 1.17 bits per heavy atom. The van der Waals surface area contributed by atoms with Crippen molar-refractivity contribution in [3.05, 3.63) is 83.7 Å². The van der Waals surface area contributed by atoms with Crippen LogP contribution in [0.3, 0.4) is 0 Å². The zero-order valence-corrected chi connectivity index (χ0v) is 20.8. The predicted octanol–water partition coefficient (Wildman–Crippen LogP) is 3.98. The van der Waals surface area contributed by atoms with Crippen LogP contribution in [0.15, 0.2) is 60.9 Å². The van der Waals surface area contributed by atoms with E-state index in [4.69, 9.17) is 0 Å². The number of aromatic nitrogens is 3. The third kappa shape index (κ3) is 4.52. The van der Waals surface area contributed by atoms with Crippen molar-refractivity contribution < 1.29 is 14.0 Å². The van der Waals surface area contributed by atoms with E-state index in [-0.39, 0.29) is 30.2 Å². The number of hydrogen-bond acceptors (Lipinski definition) is 4. The molecule has 36 heavy (non-hydrogen) atoms. The second-order valence-electron chi connectivity index (χ2n) is 10.2. The number of carbonyl (C=O) groups is 2. The number of piperidine rings is 1. The second kappa shape index (κ2) is 9.84. The van der Waals surface area contributed by atoms with Gasteiger partial charge in [-0.1, -0.05) is 30.3 Å². The molecule has 7 nitrogen and oxygen atoms in total. The Morgan fingerprint density at radius 3 is 2.69 bits per heavy atom. The highest BCUT2D eigenvalue weighted by atomic mass is 19.1. The Hall–Kier alpha value is -3.55. The number of pyridine rings is 1. The van der Waals surface area contributed by atoms with Crippen molar-refractivity contribution in [3.63, 3.8) is 0 Å². The lowest BCUT2D eigenvalue weighted by molar-refractivity contribution is -0.147.